The number of carbonyl (C=O) groups is 5. The molecule has 1 amide bonds. The highest BCUT2D eigenvalue weighted by Gasteiger charge is 2.51. The van der Waals surface area contributed by atoms with Crippen LogP contribution in [0.15, 0.2) is 0 Å². The summed E-state index contributed by atoms with van der Waals surface area (Å²) in [5.41, 5.74) is 0. The average molecular weight is 474 g/mol. The summed E-state index contributed by atoms with van der Waals surface area (Å²) in [6, 6.07) is -0.998. The van der Waals surface area contributed by atoms with Crippen molar-refractivity contribution in [3.63, 3.8) is 0 Å². The molecule has 0 spiro atoms. The van der Waals surface area contributed by atoms with Crippen LogP contribution in [0.1, 0.15) is 60.8 Å². The van der Waals surface area contributed by atoms with Gasteiger partial charge in [0.15, 0.2) is 18.5 Å². The van der Waals surface area contributed by atoms with Crippen LogP contribution in [-0.2, 0) is 47.7 Å². The van der Waals surface area contributed by atoms with Gasteiger partial charge < -0.3 is 29.0 Å². The second-order valence-electron chi connectivity index (χ2n) is 8.17. The summed E-state index contributed by atoms with van der Waals surface area (Å²) >= 11 is 0. The predicted molar refractivity (Wildman–Crippen MR) is 114 cm³/mol. The van der Waals surface area contributed by atoms with E-state index in [4.69, 9.17) is 23.7 Å². The molecule has 0 aromatic carbocycles. The minimum absolute atomic E-state index is 0.0403. The number of hydrogen-bond donors (Lipinski definition) is 1. The Morgan fingerprint density at radius 1 is 0.879 bits per heavy atom. The first-order valence-corrected chi connectivity index (χ1v) is 11.0. The van der Waals surface area contributed by atoms with Crippen molar-refractivity contribution in [3.05, 3.63) is 0 Å². The fourth-order valence-electron chi connectivity index (χ4n) is 3.32. The summed E-state index contributed by atoms with van der Waals surface area (Å²) in [6.07, 6.45) is -2.85. The van der Waals surface area contributed by atoms with E-state index < -0.39 is 54.5 Å². The molecule has 0 aromatic heterocycles. The molecule has 1 fully saturated rings. The summed E-state index contributed by atoms with van der Waals surface area (Å²) in [5, 5.41) is 2.63. The summed E-state index contributed by atoms with van der Waals surface area (Å²) in [5.74, 6) is -2.27. The van der Waals surface area contributed by atoms with Crippen LogP contribution in [0.4, 0.5) is 0 Å². The highest BCUT2D eigenvalue weighted by atomic mass is 16.7. The molecule has 1 rings (SSSR count). The number of nitrogens with one attached hydrogen (secondary N) is 1. The Kier molecular flexibility index (Phi) is 12.0. The molecule has 188 valence electrons. The van der Waals surface area contributed by atoms with E-state index in [2.05, 4.69) is 5.32 Å². The highest BCUT2D eigenvalue weighted by molar-refractivity contribution is 5.80. The van der Waals surface area contributed by atoms with Crippen molar-refractivity contribution in [2.24, 2.45) is 5.92 Å². The lowest BCUT2D eigenvalue weighted by molar-refractivity contribution is -0.277. The van der Waals surface area contributed by atoms with Gasteiger partial charge in [-0.3, -0.25) is 24.0 Å². The van der Waals surface area contributed by atoms with Gasteiger partial charge in [-0.15, -0.1) is 0 Å². The molecule has 0 unspecified atom stereocenters. The summed E-state index contributed by atoms with van der Waals surface area (Å²) in [7, 11) is 0. The van der Waals surface area contributed by atoms with Crippen LogP contribution in [0.3, 0.4) is 0 Å². The van der Waals surface area contributed by atoms with Gasteiger partial charge in [-0.05, 0) is 12.8 Å². The molecule has 1 saturated heterocycles. The van der Waals surface area contributed by atoms with E-state index in [0.29, 0.717) is 19.3 Å². The van der Waals surface area contributed by atoms with E-state index in [9.17, 15) is 24.0 Å². The third-order valence-corrected chi connectivity index (χ3v) is 4.81. The van der Waals surface area contributed by atoms with E-state index in [1.807, 2.05) is 13.8 Å². The van der Waals surface area contributed by atoms with E-state index in [1.165, 1.54) is 27.7 Å². The van der Waals surface area contributed by atoms with E-state index >= 15 is 0 Å². The molecular weight excluding hydrogens is 438 g/mol. The molecule has 0 bridgehead atoms. The van der Waals surface area contributed by atoms with Crippen LogP contribution in [-0.4, -0.2) is 73.5 Å². The predicted octanol–water partition coefficient (Wildman–Crippen LogP) is 1.05. The number of rotatable bonds is 12. The lowest BCUT2D eigenvalue weighted by atomic mass is 9.96. The molecule has 0 radical (unpaired) electrons. The standard InChI is InChI=1S/C22H35NO10/c1-12(2)17(28)9-7-8-10-29-22-19(23-13(3)24)21(32-16(6)27)20(31-15(5)26)18(33-22)11-30-14(4)25/h12,18-22H,7-11H2,1-6H3,(H,23,24)/t18-,19-,20+,21-,22-/m1/s1. The number of amides is 1. The van der Waals surface area contributed by atoms with Crippen molar-refractivity contribution in [2.75, 3.05) is 13.2 Å². The first kappa shape index (κ1) is 28.5. The Hall–Kier alpha value is -2.53. The van der Waals surface area contributed by atoms with Gasteiger partial charge in [0.2, 0.25) is 5.91 Å². The number of hydrogen-bond acceptors (Lipinski definition) is 10. The average Bonchev–Trinajstić information content (AvgIpc) is 2.68. The molecule has 0 aliphatic carbocycles. The normalized spacial score (nSPS) is 24.6. The van der Waals surface area contributed by atoms with Crippen LogP contribution < -0.4 is 5.32 Å². The van der Waals surface area contributed by atoms with Crippen LogP contribution in [0.25, 0.3) is 0 Å². The third-order valence-electron chi connectivity index (χ3n) is 4.81. The number of esters is 3. The van der Waals surface area contributed by atoms with Gasteiger partial charge in [-0.25, -0.2) is 0 Å². The Balaban J connectivity index is 3.05. The van der Waals surface area contributed by atoms with Gasteiger partial charge in [-0.1, -0.05) is 13.8 Å². The van der Waals surface area contributed by atoms with Gasteiger partial charge in [0.05, 0.1) is 0 Å². The smallest absolute Gasteiger partial charge is 0.303 e. The van der Waals surface area contributed by atoms with Gasteiger partial charge in [-0.2, -0.15) is 0 Å². The van der Waals surface area contributed by atoms with Gasteiger partial charge in [0.25, 0.3) is 0 Å². The van der Waals surface area contributed by atoms with Crippen molar-refractivity contribution in [1.82, 2.24) is 5.32 Å². The number of Topliss-reactive ketones (excluding diaryl/α,β-unsaturated/α-hetero) is 1. The second-order valence-corrected chi connectivity index (χ2v) is 8.17. The number of unbranched alkanes of at least 4 members (excludes halogenated alkanes) is 1. The molecule has 5 atom stereocenters. The SMILES string of the molecule is CC(=O)N[C@H]1[C@H](OCCCCC(=O)C(C)C)O[C@H](COC(C)=O)[C@H](OC(C)=O)[C@@H]1OC(C)=O. The van der Waals surface area contributed by atoms with E-state index in [-0.39, 0.29) is 24.9 Å². The lowest BCUT2D eigenvalue weighted by Gasteiger charge is -2.44. The summed E-state index contributed by atoms with van der Waals surface area (Å²) in [6.45, 7) is 8.40. The maximum Gasteiger partial charge on any atom is 0.303 e. The molecule has 1 aliphatic heterocycles. The Morgan fingerprint density at radius 3 is 2.00 bits per heavy atom. The maximum atomic E-state index is 11.9. The number of ketones is 1. The first-order valence-electron chi connectivity index (χ1n) is 11.0. The van der Waals surface area contributed by atoms with Crippen molar-refractivity contribution >= 4 is 29.6 Å². The van der Waals surface area contributed by atoms with Crippen molar-refractivity contribution in [3.8, 4) is 0 Å². The second kappa shape index (κ2) is 13.9. The number of ether oxygens (including phenoxy) is 5. The minimum atomic E-state index is -1.16. The van der Waals surface area contributed by atoms with Crippen LogP contribution in [0.5, 0.6) is 0 Å². The third kappa shape index (κ3) is 10.3. The molecule has 0 saturated carbocycles. The van der Waals surface area contributed by atoms with Crippen LogP contribution >= 0.6 is 0 Å². The molecule has 11 heteroatoms. The molecule has 1 N–H and O–H groups in total. The molecule has 1 aliphatic rings. The molecular formula is C22H35NO10. The van der Waals surface area contributed by atoms with Gasteiger partial charge >= 0.3 is 17.9 Å². The monoisotopic (exact) mass is 473 g/mol. The minimum Gasteiger partial charge on any atom is -0.463 e. The summed E-state index contributed by atoms with van der Waals surface area (Å²) in [4.78, 5) is 58.5. The molecule has 11 nitrogen and oxygen atoms in total. The molecule has 1 heterocycles. The Bertz CT molecular complexity index is 707. The van der Waals surface area contributed by atoms with Gasteiger partial charge in [0, 0.05) is 46.6 Å². The Labute approximate surface area is 193 Å². The quantitative estimate of drug-likeness (QED) is 0.248. The molecule has 33 heavy (non-hydrogen) atoms. The maximum absolute atomic E-state index is 11.9. The van der Waals surface area contributed by atoms with Gasteiger partial charge in [0.1, 0.15) is 24.5 Å². The Morgan fingerprint density at radius 2 is 1.48 bits per heavy atom. The van der Waals surface area contributed by atoms with E-state index in [1.54, 1.807) is 0 Å². The van der Waals surface area contributed by atoms with Crippen LogP contribution in [0.2, 0.25) is 0 Å². The highest BCUT2D eigenvalue weighted by Crippen LogP contribution is 2.28. The lowest BCUT2D eigenvalue weighted by Crippen LogP contribution is -2.66. The topological polar surface area (TPSA) is 144 Å². The molecule has 0 aromatic rings. The largest absolute Gasteiger partial charge is 0.463 e. The fraction of sp³-hybridized carbons (Fsp3) is 0.773. The van der Waals surface area contributed by atoms with E-state index in [0.717, 1.165) is 0 Å². The summed E-state index contributed by atoms with van der Waals surface area (Å²) < 4.78 is 27.5. The number of carbonyl (C=O) groups excluding carboxylic acids is 5. The zero-order valence-corrected chi connectivity index (χ0v) is 20.1. The van der Waals surface area contributed by atoms with Crippen molar-refractivity contribution < 1.29 is 47.7 Å². The fourth-order valence-corrected chi connectivity index (χ4v) is 3.32. The van der Waals surface area contributed by atoms with Crippen molar-refractivity contribution in [1.29, 1.82) is 0 Å². The zero-order valence-electron chi connectivity index (χ0n) is 20.1. The van der Waals surface area contributed by atoms with Crippen molar-refractivity contribution in [2.45, 2.75) is 91.4 Å². The first-order chi connectivity index (χ1) is 15.4. The zero-order chi connectivity index (χ0) is 25.1. The van der Waals surface area contributed by atoms with Crippen LogP contribution in [0, 0.1) is 5.92 Å².